The van der Waals surface area contributed by atoms with Gasteiger partial charge in [-0.25, -0.2) is 0 Å². The van der Waals surface area contributed by atoms with E-state index in [2.05, 4.69) is 29.8 Å². The minimum atomic E-state index is 0.271. The van der Waals surface area contributed by atoms with Gasteiger partial charge in [0.15, 0.2) is 0 Å². The molecule has 1 atom stereocenters. The van der Waals surface area contributed by atoms with E-state index in [0.717, 1.165) is 19.4 Å². The van der Waals surface area contributed by atoms with Crippen LogP contribution in [0.5, 0.6) is 0 Å². The van der Waals surface area contributed by atoms with Gasteiger partial charge in [0.1, 0.15) is 0 Å². The number of rotatable bonds is 6. The van der Waals surface area contributed by atoms with E-state index < -0.39 is 0 Å². The van der Waals surface area contributed by atoms with Gasteiger partial charge in [-0.05, 0) is 31.2 Å². The zero-order chi connectivity index (χ0) is 9.52. The van der Waals surface area contributed by atoms with Crippen molar-refractivity contribution in [3.05, 3.63) is 22.4 Å². The van der Waals surface area contributed by atoms with E-state index in [9.17, 15) is 0 Å². The van der Waals surface area contributed by atoms with Gasteiger partial charge in [0.2, 0.25) is 0 Å². The number of thiophene rings is 1. The molecule has 0 saturated heterocycles. The molecule has 3 heteroatoms. The van der Waals surface area contributed by atoms with Crippen molar-refractivity contribution in [2.75, 3.05) is 13.2 Å². The van der Waals surface area contributed by atoms with Crippen molar-refractivity contribution in [3.63, 3.8) is 0 Å². The third-order valence-electron chi connectivity index (χ3n) is 2.01. The second kappa shape index (κ2) is 6.13. The molecule has 0 fully saturated rings. The number of hydrogen-bond acceptors (Lipinski definition) is 3. The first-order chi connectivity index (χ1) is 6.33. The van der Waals surface area contributed by atoms with E-state index in [1.54, 1.807) is 11.3 Å². The molecule has 0 aliphatic rings. The second-order valence-electron chi connectivity index (χ2n) is 3.20. The smallest absolute Gasteiger partial charge is 0.0445 e. The lowest BCUT2D eigenvalue weighted by atomic mass is 10.2. The maximum absolute atomic E-state index is 8.68. The van der Waals surface area contributed by atoms with Crippen LogP contribution in [0.3, 0.4) is 0 Å². The molecule has 0 aliphatic heterocycles. The summed E-state index contributed by atoms with van der Waals surface area (Å²) in [5, 5.41) is 14.2. The number of hydrogen-bond donors (Lipinski definition) is 2. The van der Waals surface area contributed by atoms with E-state index >= 15 is 0 Å². The summed E-state index contributed by atoms with van der Waals surface area (Å²) >= 11 is 1.80. The first kappa shape index (κ1) is 10.7. The molecule has 0 bridgehead atoms. The third kappa shape index (κ3) is 4.41. The summed E-state index contributed by atoms with van der Waals surface area (Å²) in [5.74, 6) is 0. The van der Waals surface area contributed by atoms with Crippen molar-refractivity contribution < 1.29 is 5.11 Å². The van der Waals surface area contributed by atoms with Crippen molar-refractivity contribution in [2.45, 2.75) is 25.8 Å². The third-order valence-corrected chi connectivity index (χ3v) is 2.94. The molecule has 0 aromatic carbocycles. The summed E-state index contributed by atoms with van der Waals surface area (Å²) in [6, 6.07) is 4.66. The molecule has 1 rings (SSSR count). The fourth-order valence-electron chi connectivity index (χ4n) is 1.19. The molecule has 0 spiro atoms. The molecule has 0 radical (unpaired) electrons. The quantitative estimate of drug-likeness (QED) is 0.730. The van der Waals surface area contributed by atoms with Crippen molar-refractivity contribution in [3.8, 4) is 0 Å². The average Bonchev–Trinajstić information content (AvgIpc) is 2.57. The van der Waals surface area contributed by atoms with Gasteiger partial charge in [-0.2, -0.15) is 0 Å². The minimum absolute atomic E-state index is 0.271. The normalized spacial score (nSPS) is 13.1. The van der Waals surface area contributed by atoms with Gasteiger partial charge < -0.3 is 10.4 Å². The molecule has 1 heterocycles. The molecule has 0 amide bonds. The number of nitrogens with one attached hydrogen (secondary N) is 1. The summed E-state index contributed by atoms with van der Waals surface area (Å²) in [6.07, 6.45) is 1.93. The zero-order valence-corrected chi connectivity index (χ0v) is 8.81. The predicted molar refractivity (Wildman–Crippen MR) is 57.2 cm³/mol. The van der Waals surface area contributed by atoms with Gasteiger partial charge in [0.25, 0.3) is 0 Å². The van der Waals surface area contributed by atoms with Gasteiger partial charge in [-0.15, -0.1) is 11.3 Å². The van der Waals surface area contributed by atoms with E-state index in [4.69, 9.17) is 5.11 Å². The van der Waals surface area contributed by atoms with Crippen LogP contribution in [-0.4, -0.2) is 24.3 Å². The molecule has 0 saturated carbocycles. The van der Waals surface area contributed by atoms with Gasteiger partial charge in [-0.1, -0.05) is 6.07 Å². The van der Waals surface area contributed by atoms with Crippen molar-refractivity contribution in [1.29, 1.82) is 0 Å². The molecular formula is C10H17NOS. The lowest BCUT2D eigenvalue weighted by Gasteiger charge is -2.11. The fourth-order valence-corrected chi connectivity index (χ4v) is 1.90. The first-order valence-corrected chi connectivity index (χ1v) is 5.57. The van der Waals surface area contributed by atoms with E-state index in [-0.39, 0.29) is 6.61 Å². The molecule has 1 aromatic rings. The van der Waals surface area contributed by atoms with Crippen LogP contribution in [0.4, 0.5) is 0 Å². The number of aliphatic hydroxyl groups is 1. The van der Waals surface area contributed by atoms with Crippen LogP contribution >= 0.6 is 11.3 Å². The Bertz CT molecular complexity index is 211. The van der Waals surface area contributed by atoms with Gasteiger partial charge in [-0.3, -0.25) is 0 Å². The first-order valence-electron chi connectivity index (χ1n) is 4.69. The van der Waals surface area contributed by atoms with Gasteiger partial charge in [0, 0.05) is 24.1 Å². The summed E-state index contributed by atoms with van der Waals surface area (Å²) in [5.41, 5.74) is 0. The maximum Gasteiger partial charge on any atom is 0.0445 e. The van der Waals surface area contributed by atoms with E-state index in [1.165, 1.54) is 4.88 Å². The van der Waals surface area contributed by atoms with Crippen molar-refractivity contribution in [1.82, 2.24) is 5.32 Å². The number of aliphatic hydroxyl groups excluding tert-OH is 1. The summed E-state index contributed by atoms with van der Waals surface area (Å²) < 4.78 is 0. The molecule has 2 N–H and O–H groups in total. The van der Waals surface area contributed by atoms with E-state index in [1.807, 2.05) is 0 Å². The van der Waals surface area contributed by atoms with Gasteiger partial charge in [0.05, 0.1) is 0 Å². The molecule has 74 valence electrons. The SMILES string of the molecule is CC(CCO)NCCc1cccs1. The zero-order valence-electron chi connectivity index (χ0n) is 7.99. The Balaban J connectivity index is 2.07. The predicted octanol–water partition coefficient (Wildman–Crippen LogP) is 1.65. The molecular weight excluding hydrogens is 182 g/mol. The standard InChI is InChI=1S/C10H17NOS/c1-9(5-7-12)11-6-4-10-3-2-8-13-10/h2-3,8-9,11-12H,4-7H2,1H3. The van der Waals surface area contributed by atoms with Crippen LogP contribution in [0.25, 0.3) is 0 Å². The minimum Gasteiger partial charge on any atom is -0.396 e. The van der Waals surface area contributed by atoms with E-state index in [0.29, 0.717) is 6.04 Å². The van der Waals surface area contributed by atoms with Crippen molar-refractivity contribution in [2.24, 2.45) is 0 Å². The van der Waals surface area contributed by atoms with Crippen molar-refractivity contribution >= 4 is 11.3 Å². The summed E-state index contributed by atoms with van der Waals surface area (Å²) in [6.45, 7) is 3.37. The Hall–Kier alpha value is -0.380. The van der Waals surface area contributed by atoms with Crippen LogP contribution in [0.2, 0.25) is 0 Å². The van der Waals surface area contributed by atoms with Crippen LogP contribution in [0.15, 0.2) is 17.5 Å². The molecule has 0 aliphatic carbocycles. The lowest BCUT2D eigenvalue weighted by Crippen LogP contribution is -2.28. The highest BCUT2D eigenvalue weighted by molar-refractivity contribution is 7.09. The van der Waals surface area contributed by atoms with Crippen LogP contribution in [0, 0.1) is 0 Å². The van der Waals surface area contributed by atoms with Crippen LogP contribution in [-0.2, 0) is 6.42 Å². The Kier molecular flexibility index (Phi) is 5.05. The molecule has 1 unspecified atom stereocenters. The Morgan fingerprint density at radius 3 is 3.08 bits per heavy atom. The summed E-state index contributed by atoms with van der Waals surface area (Å²) in [4.78, 5) is 1.42. The van der Waals surface area contributed by atoms with Gasteiger partial charge >= 0.3 is 0 Å². The maximum atomic E-state index is 8.68. The van der Waals surface area contributed by atoms with Crippen LogP contribution in [0.1, 0.15) is 18.2 Å². The largest absolute Gasteiger partial charge is 0.396 e. The highest BCUT2D eigenvalue weighted by atomic mass is 32.1. The topological polar surface area (TPSA) is 32.3 Å². The van der Waals surface area contributed by atoms with Crippen LogP contribution < -0.4 is 5.32 Å². The Labute approximate surface area is 83.6 Å². The highest BCUT2D eigenvalue weighted by Gasteiger charge is 1.99. The lowest BCUT2D eigenvalue weighted by molar-refractivity contribution is 0.269. The second-order valence-corrected chi connectivity index (χ2v) is 4.23. The Morgan fingerprint density at radius 2 is 2.46 bits per heavy atom. The fraction of sp³-hybridized carbons (Fsp3) is 0.600. The molecule has 2 nitrogen and oxygen atoms in total. The molecule has 1 aromatic heterocycles. The highest BCUT2D eigenvalue weighted by Crippen LogP contribution is 2.08. The summed E-state index contributed by atoms with van der Waals surface area (Å²) in [7, 11) is 0. The average molecular weight is 199 g/mol. The molecule has 13 heavy (non-hydrogen) atoms. The Morgan fingerprint density at radius 1 is 1.62 bits per heavy atom. The monoisotopic (exact) mass is 199 g/mol.